The number of para-hydroxylation sites is 2. The Morgan fingerprint density at radius 3 is 2.62 bits per heavy atom. The molecule has 4 rings (SSSR count). The Balaban J connectivity index is 1.76. The minimum absolute atomic E-state index is 0.107. The van der Waals surface area contributed by atoms with Gasteiger partial charge < -0.3 is 9.64 Å². The third-order valence-corrected chi connectivity index (χ3v) is 5.04. The van der Waals surface area contributed by atoms with Gasteiger partial charge in [0.1, 0.15) is 11.6 Å². The number of hydrogen-bond donors (Lipinski definition) is 0. The minimum atomic E-state index is 0.107. The molecule has 2 aromatic carbocycles. The van der Waals surface area contributed by atoms with E-state index in [4.69, 9.17) is 4.74 Å². The van der Waals surface area contributed by atoms with Gasteiger partial charge in [0.05, 0.1) is 23.8 Å². The lowest BCUT2D eigenvalue weighted by molar-refractivity contribution is 0.0724. The molecule has 0 spiro atoms. The molecule has 0 atom stereocenters. The summed E-state index contributed by atoms with van der Waals surface area (Å²) in [5, 5.41) is 0. The van der Waals surface area contributed by atoms with E-state index < -0.39 is 0 Å². The van der Waals surface area contributed by atoms with E-state index in [1.165, 1.54) is 6.42 Å². The Kier molecular flexibility index (Phi) is 4.37. The van der Waals surface area contributed by atoms with E-state index in [9.17, 15) is 4.79 Å². The number of benzene rings is 2. The van der Waals surface area contributed by atoms with Crippen molar-refractivity contribution in [1.82, 2.24) is 14.5 Å². The Morgan fingerprint density at radius 1 is 1.08 bits per heavy atom. The predicted octanol–water partition coefficient (Wildman–Crippen LogP) is 3.97. The number of piperidine rings is 1. The van der Waals surface area contributed by atoms with Crippen LogP contribution in [0.1, 0.15) is 35.4 Å². The minimum Gasteiger partial charge on any atom is -0.495 e. The number of imidazole rings is 1. The highest BCUT2D eigenvalue weighted by atomic mass is 16.5. The molecule has 5 heteroatoms. The first kappa shape index (κ1) is 16.6. The summed E-state index contributed by atoms with van der Waals surface area (Å²) < 4.78 is 7.58. The van der Waals surface area contributed by atoms with Crippen molar-refractivity contribution in [3.8, 4) is 11.4 Å². The second-order valence-electron chi connectivity index (χ2n) is 6.72. The van der Waals surface area contributed by atoms with Gasteiger partial charge in [-0.3, -0.25) is 9.36 Å². The van der Waals surface area contributed by atoms with Crippen molar-refractivity contribution in [2.45, 2.75) is 26.2 Å². The Morgan fingerprint density at radius 2 is 1.85 bits per heavy atom. The maximum absolute atomic E-state index is 12.8. The third kappa shape index (κ3) is 2.83. The van der Waals surface area contributed by atoms with E-state index in [2.05, 4.69) is 9.55 Å². The molecule has 0 radical (unpaired) electrons. The summed E-state index contributed by atoms with van der Waals surface area (Å²) in [6.45, 7) is 3.68. The summed E-state index contributed by atoms with van der Waals surface area (Å²) in [6, 6.07) is 13.7. The fraction of sp³-hybridized carbons (Fsp3) is 0.333. The molecule has 0 saturated carbocycles. The molecule has 0 N–H and O–H groups in total. The summed E-state index contributed by atoms with van der Waals surface area (Å²) >= 11 is 0. The number of methoxy groups -OCH3 is 1. The first-order valence-electron chi connectivity index (χ1n) is 9.11. The SMILES string of the molecule is COc1ccccc1-n1c(C)nc2cc(C(=O)N3CCCCC3)ccc21. The van der Waals surface area contributed by atoms with Crippen molar-refractivity contribution < 1.29 is 9.53 Å². The third-order valence-electron chi connectivity index (χ3n) is 5.04. The van der Waals surface area contributed by atoms with Crippen LogP contribution in [0.2, 0.25) is 0 Å². The van der Waals surface area contributed by atoms with Crippen molar-refractivity contribution in [2.75, 3.05) is 20.2 Å². The maximum atomic E-state index is 12.8. The van der Waals surface area contributed by atoms with Crippen LogP contribution in [0.25, 0.3) is 16.7 Å². The first-order valence-corrected chi connectivity index (χ1v) is 9.11. The molecule has 1 aliphatic rings. The molecular weight excluding hydrogens is 326 g/mol. The molecule has 1 aliphatic heterocycles. The summed E-state index contributed by atoms with van der Waals surface area (Å²) in [7, 11) is 1.67. The average Bonchev–Trinajstić information content (AvgIpc) is 3.02. The monoisotopic (exact) mass is 349 g/mol. The highest BCUT2D eigenvalue weighted by Crippen LogP contribution is 2.29. The smallest absolute Gasteiger partial charge is 0.253 e. The highest BCUT2D eigenvalue weighted by Gasteiger charge is 2.20. The number of ether oxygens (including phenoxy) is 1. The van der Waals surface area contributed by atoms with E-state index in [0.717, 1.165) is 54.2 Å². The largest absolute Gasteiger partial charge is 0.495 e. The Bertz CT molecular complexity index is 955. The van der Waals surface area contributed by atoms with Crippen LogP contribution in [-0.2, 0) is 0 Å². The molecule has 3 aromatic rings. The first-order chi connectivity index (χ1) is 12.7. The summed E-state index contributed by atoms with van der Waals surface area (Å²) in [5.74, 6) is 1.77. The Labute approximate surface area is 153 Å². The lowest BCUT2D eigenvalue weighted by atomic mass is 10.1. The number of carbonyl (C=O) groups excluding carboxylic acids is 1. The molecular formula is C21H23N3O2. The van der Waals surface area contributed by atoms with Gasteiger partial charge in [-0.1, -0.05) is 12.1 Å². The molecule has 0 aliphatic carbocycles. The zero-order valence-corrected chi connectivity index (χ0v) is 15.2. The molecule has 1 amide bonds. The van der Waals surface area contributed by atoms with Gasteiger partial charge in [0.2, 0.25) is 0 Å². The Hall–Kier alpha value is -2.82. The standard InChI is InChI=1S/C21H23N3O2/c1-15-22-17-14-16(21(25)23-12-6-3-7-13-23)10-11-18(17)24(15)19-8-4-5-9-20(19)26-2/h4-5,8-11,14H,3,6-7,12-13H2,1-2H3. The van der Waals surface area contributed by atoms with Gasteiger partial charge >= 0.3 is 0 Å². The molecule has 134 valence electrons. The molecule has 2 heterocycles. The average molecular weight is 349 g/mol. The molecule has 5 nitrogen and oxygen atoms in total. The van der Waals surface area contributed by atoms with Crippen molar-refractivity contribution in [3.05, 3.63) is 53.9 Å². The highest BCUT2D eigenvalue weighted by molar-refractivity contribution is 5.97. The van der Waals surface area contributed by atoms with Crippen LogP contribution in [0.15, 0.2) is 42.5 Å². The number of fused-ring (bicyclic) bond motifs is 1. The number of nitrogens with zero attached hydrogens (tertiary/aromatic N) is 3. The van der Waals surface area contributed by atoms with Crippen LogP contribution in [0.5, 0.6) is 5.75 Å². The number of carbonyl (C=O) groups is 1. The van der Waals surface area contributed by atoms with E-state index in [-0.39, 0.29) is 5.91 Å². The molecule has 1 saturated heterocycles. The number of rotatable bonds is 3. The van der Waals surface area contributed by atoms with Gasteiger partial charge in [0.15, 0.2) is 0 Å². The van der Waals surface area contributed by atoms with Crippen LogP contribution in [-0.4, -0.2) is 40.6 Å². The lowest BCUT2D eigenvalue weighted by Crippen LogP contribution is -2.35. The molecule has 0 unspecified atom stereocenters. The van der Waals surface area contributed by atoms with Crippen molar-refractivity contribution in [2.24, 2.45) is 0 Å². The fourth-order valence-electron chi connectivity index (χ4n) is 3.73. The van der Waals surface area contributed by atoms with Gasteiger partial charge in [-0.2, -0.15) is 0 Å². The number of hydrogen-bond acceptors (Lipinski definition) is 3. The van der Waals surface area contributed by atoms with E-state index in [1.807, 2.05) is 54.3 Å². The maximum Gasteiger partial charge on any atom is 0.253 e. The zero-order valence-electron chi connectivity index (χ0n) is 15.2. The number of amides is 1. The lowest BCUT2D eigenvalue weighted by Gasteiger charge is -2.26. The number of aromatic nitrogens is 2. The van der Waals surface area contributed by atoms with Gasteiger partial charge in [-0.15, -0.1) is 0 Å². The van der Waals surface area contributed by atoms with Gasteiger partial charge in [-0.25, -0.2) is 4.98 Å². The number of likely N-dealkylation sites (tertiary alicyclic amines) is 1. The van der Waals surface area contributed by atoms with Crippen LogP contribution in [0.3, 0.4) is 0 Å². The zero-order chi connectivity index (χ0) is 18.1. The quantitative estimate of drug-likeness (QED) is 0.719. The van der Waals surface area contributed by atoms with Crippen LogP contribution < -0.4 is 4.74 Å². The van der Waals surface area contributed by atoms with Gasteiger partial charge in [-0.05, 0) is 56.5 Å². The van der Waals surface area contributed by atoms with E-state index in [0.29, 0.717) is 5.56 Å². The molecule has 1 fully saturated rings. The molecule has 0 bridgehead atoms. The second kappa shape index (κ2) is 6.83. The van der Waals surface area contributed by atoms with E-state index >= 15 is 0 Å². The van der Waals surface area contributed by atoms with E-state index in [1.54, 1.807) is 7.11 Å². The predicted molar refractivity (Wildman–Crippen MR) is 102 cm³/mol. The normalized spacial score (nSPS) is 14.6. The topological polar surface area (TPSA) is 47.4 Å². The summed E-state index contributed by atoms with van der Waals surface area (Å²) in [4.78, 5) is 19.4. The fourth-order valence-corrected chi connectivity index (χ4v) is 3.73. The second-order valence-corrected chi connectivity index (χ2v) is 6.72. The summed E-state index contributed by atoms with van der Waals surface area (Å²) in [6.07, 6.45) is 3.40. The molecule has 26 heavy (non-hydrogen) atoms. The van der Waals surface area contributed by atoms with Crippen molar-refractivity contribution in [3.63, 3.8) is 0 Å². The molecule has 1 aromatic heterocycles. The van der Waals surface area contributed by atoms with Crippen LogP contribution >= 0.6 is 0 Å². The van der Waals surface area contributed by atoms with Gasteiger partial charge in [0, 0.05) is 18.7 Å². The van der Waals surface area contributed by atoms with Crippen molar-refractivity contribution >= 4 is 16.9 Å². The van der Waals surface area contributed by atoms with Crippen molar-refractivity contribution in [1.29, 1.82) is 0 Å². The van der Waals surface area contributed by atoms with Crippen LogP contribution in [0.4, 0.5) is 0 Å². The van der Waals surface area contributed by atoms with Gasteiger partial charge in [0.25, 0.3) is 5.91 Å². The van der Waals surface area contributed by atoms with Crippen LogP contribution in [0, 0.1) is 6.92 Å². The number of aryl methyl sites for hydroxylation is 1. The summed E-state index contributed by atoms with van der Waals surface area (Å²) in [5.41, 5.74) is 3.47.